The van der Waals surface area contributed by atoms with Crippen LogP contribution in [0.1, 0.15) is 37.7 Å². The molecule has 0 radical (unpaired) electrons. The standard InChI is InChI=1S/C22H23ClN2O2/c1-15-7-5-6-10-18(15)22-24-21(25-27-22)17-11-12-20(19(23)13-17)26-14-16-8-3-2-4-9-16/h5-7,10-13,16H,2-4,8-9,14H2,1H3. The summed E-state index contributed by atoms with van der Waals surface area (Å²) in [7, 11) is 0. The van der Waals surface area contributed by atoms with Crippen LogP contribution in [-0.2, 0) is 0 Å². The molecule has 4 rings (SSSR count). The summed E-state index contributed by atoms with van der Waals surface area (Å²) in [5.74, 6) is 2.39. The summed E-state index contributed by atoms with van der Waals surface area (Å²) in [6.45, 7) is 2.76. The van der Waals surface area contributed by atoms with Crippen LogP contribution in [0.4, 0.5) is 0 Å². The molecule has 0 bridgehead atoms. The highest BCUT2D eigenvalue weighted by atomic mass is 35.5. The summed E-state index contributed by atoms with van der Waals surface area (Å²) in [5.41, 5.74) is 2.85. The highest BCUT2D eigenvalue weighted by Crippen LogP contribution is 2.32. The van der Waals surface area contributed by atoms with Crippen molar-refractivity contribution in [3.05, 3.63) is 53.1 Å². The van der Waals surface area contributed by atoms with Crippen LogP contribution >= 0.6 is 11.6 Å². The molecular formula is C22H23ClN2O2. The van der Waals surface area contributed by atoms with Gasteiger partial charge in [-0.25, -0.2) is 0 Å². The van der Waals surface area contributed by atoms with E-state index < -0.39 is 0 Å². The lowest BCUT2D eigenvalue weighted by molar-refractivity contribution is 0.209. The second-order valence-electron chi connectivity index (χ2n) is 7.20. The third-order valence-electron chi connectivity index (χ3n) is 5.19. The summed E-state index contributed by atoms with van der Waals surface area (Å²) >= 11 is 6.43. The maximum absolute atomic E-state index is 6.43. The van der Waals surface area contributed by atoms with Crippen molar-refractivity contribution in [2.45, 2.75) is 39.0 Å². The zero-order valence-corrected chi connectivity index (χ0v) is 16.2. The molecule has 0 spiro atoms. The number of rotatable bonds is 5. The monoisotopic (exact) mass is 382 g/mol. The zero-order chi connectivity index (χ0) is 18.6. The average Bonchev–Trinajstić information content (AvgIpc) is 3.18. The first-order valence-electron chi connectivity index (χ1n) is 9.53. The fourth-order valence-electron chi connectivity index (χ4n) is 3.58. The van der Waals surface area contributed by atoms with Gasteiger partial charge in [0.2, 0.25) is 5.82 Å². The first-order chi connectivity index (χ1) is 13.2. The Balaban J connectivity index is 1.48. The first-order valence-corrected chi connectivity index (χ1v) is 9.91. The molecule has 4 nitrogen and oxygen atoms in total. The van der Waals surface area contributed by atoms with Gasteiger partial charge < -0.3 is 9.26 Å². The fourth-order valence-corrected chi connectivity index (χ4v) is 3.82. The molecule has 3 aromatic rings. The third kappa shape index (κ3) is 4.16. The maximum atomic E-state index is 6.43. The Labute approximate surface area is 164 Å². The van der Waals surface area contributed by atoms with E-state index in [1.54, 1.807) is 0 Å². The molecule has 0 N–H and O–H groups in total. The minimum absolute atomic E-state index is 0.511. The van der Waals surface area contributed by atoms with Crippen LogP contribution in [0.25, 0.3) is 22.8 Å². The maximum Gasteiger partial charge on any atom is 0.258 e. The van der Waals surface area contributed by atoms with E-state index in [1.807, 2.05) is 49.4 Å². The van der Waals surface area contributed by atoms with Crippen molar-refractivity contribution in [2.24, 2.45) is 5.92 Å². The Morgan fingerprint density at radius 3 is 2.70 bits per heavy atom. The van der Waals surface area contributed by atoms with Gasteiger partial charge in [-0.2, -0.15) is 4.98 Å². The van der Waals surface area contributed by atoms with Crippen molar-refractivity contribution >= 4 is 11.6 Å². The number of aryl methyl sites for hydroxylation is 1. The highest BCUT2D eigenvalue weighted by Gasteiger charge is 2.16. The normalized spacial score (nSPS) is 15.0. The predicted molar refractivity (Wildman–Crippen MR) is 107 cm³/mol. The van der Waals surface area contributed by atoms with Crippen LogP contribution in [0.2, 0.25) is 5.02 Å². The van der Waals surface area contributed by atoms with Gasteiger partial charge >= 0.3 is 0 Å². The van der Waals surface area contributed by atoms with E-state index in [4.69, 9.17) is 20.9 Å². The average molecular weight is 383 g/mol. The van der Waals surface area contributed by atoms with Crippen molar-refractivity contribution in [3.63, 3.8) is 0 Å². The Kier molecular flexibility index (Phi) is 5.44. The van der Waals surface area contributed by atoms with Crippen molar-refractivity contribution in [3.8, 4) is 28.6 Å². The van der Waals surface area contributed by atoms with Gasteiger partial charge in [-0.05, 0) is 55.5 Å². The van der Waals surface area contributed by atoms with Gasteiger partial charge in [-0.1, -0.05) is 54.2 Å². The van der Waals surface area contributed by atoms with Crippen LogP contribution in [0.15, 0.2) is 47.0 Å². The van der Waals surface area contributed by atoms with Crippen LogP contribution in [0.3, 0.4) is 0 Å². The van der Waals surface area contributed by atoms with Crippen molar-refractivity contribution in [2.75, 3.05) is 6.61 Å². The molecule has 1 fully saturated rings. The summed E-state index contributed by atoms with van der Waals surface area (Å²) in [4.78, 5) is 4.52. The second-order valence-corrected chi connectivity index (χ2v) is 7.61. The Hall–Kier alpha value is -2.33. The number of hydrogen-bond acceptors (Lipinski definition) is 4. The van der Waals surface area contributed by atoms with Crippen LogP contribution in [-0.4, -0.2) is 16.7 Å². The van der Waals surface area contributed by atoms with Crippen molar-refractivity contribution in [1.29, 1.82) is 0 Å². The van der Waals surface area contributed by atoms with Gasteiger partial charge in [-0.3, -0.25) is 0 Å². The van der Waals surface area contributed by atoms with Crippen LogP contribution in [0.5, 0.6) is 5.75 Å². The fraction of sp³-hybridized carbons (Fsp3) is 0.364. The van der Waals surface area contributed by atoms with E-state index in [-0.39, 0.29) is 0 Å². The lowest BCUT2D eigenvalue weighted by Gasteiger charge is -2.22. The van der Waals surface area contributed by atoms with E-state index in [1.165, 1.54) is 32.1 Å². The smallest absolute Gasteiger partial charge is 0.258 e. The zero-order valence-electron chi connectivity index (χ0n) is 15.5. The SMILES string of the molecule is Cc1ccccc1-c1nc(-c2ccc(OCC3CCCCC3)c(Cl)c2)no1. The number of benzene rings is 2. The number of nitrogens with zero attached hydrogens (tertiary/aromatic N) is 2. The second kappa shape index (κ2) is 8.13. The molecule has 0 amide bonds. The molecular weight excluding hydrogens is 360 g/mol. The van der Waals surface area contributed by atoms with Gasteiger partial charge in [0.25, 0.3) is 5.89 Å². The summed E-state index contributed by atoms with van der Waals surface area (Å²) in [6.07, 6.45) is 6.46. The molecule has 0 saturated heterocycles. The van der Waals surface area contributed by atoms with Crippen molar-refractivity contribution < 1.29 is 9.26 Å². The lowest BCUT2D eigenvalue weighted by atomic mass is 9.90. The number of hydrogen-bond donors (Lipinski definition) is 0. The van der Waals surface area contributed by atoms with Gasteiger partial charge in [0, 0.05) is 11.1 Å². The minimum Gasteiger partial charge on any atom is -0.492 e. The lowest BCUT2D eigenvalue weighted by Crippen LogP contribution is -2.15. The third-order valence-corrected chi connectivity index (χ3v) is 5.49. The number of ether oxygens (including phenoxy) is 1. The Morgan fingerprint density at radius 2 is 1.93 bits per heavy atom. The Bertz CT molecular complexity index is 916. The van der Waals surface area contributed by atoms with E-state index in [2.05, 4.69) is 10.1 Å². The topological polar surface area (TPSA) is 48.2 Å². The molecule has 0 atom stereocenters. The molecule has 1 aliphatic rings. The molecule has 1 heterocycles. The van der Waals surface area contributed by atoms with Gasteiger partial charge in [0.15, 0.2) is 0 Å². The molecule has 0 aliphatic heterocycles. The van der Waals surface area contributed by atoms with Gasteiger partial charge in [0.1, 0.15) is 5.75 Å². The number of halogens is 1. The van der Waals surface area contributed by atoms with Gasteiger partial charge in [0.05, 0.1) is 11.6 Å². The molecule has 0 unspecified atom stereocenters. The van der Waals surface area contributed by atoms with E-state index >= 15 is 0 Å². The molecule has 140 valence electrons. The molecule has 5 heteroatoms. The van der Waals surface area contributed by atoms with Crippen LogP contribution in [0, 0.1) is 12.8 Å². The van der Waals surface area contributed by atoms with Crippen LogP contribution < -0.4 is 4.74 Å². The molecule has 2 aromatic carbocycles. The number of aromatic nitrogens is 2. The molecule has 1 saturated carbocycles. The summed E-state index contributed by atoms with van der Waals surface area (Å²) < 4.78 is 11.4. The highest BCUT2D eigenvalue weighted by molar-refractivity contribution is 6.32. The molecule has 1 aliphatic carbocycles. The van der Waals surface area contributed by atoms with E-state index in [0.29, 0.717) is 28.4 Å². The van der Waals surface area contributed by atoms with E-state index in [9.17, 15) is 0 Å². The summed E-state index contributed by atoms with van der Waals surface area (Å²) in [6, 6.07) is 13.6. The Morgan fingerprint density at radius 1 is 1.11 bits per heavy atom. The van der Waals surface area contributed by atoms with E-state index in [0.717, 1.165) is 23.3 Å². The van der Waals surface area contributed by atoms with Gasteiger partial charge in [-0.15, -0.1) is 0 Å². The first kappa shape index (κ1) is 18.1. The van der Waals surface area contributed by atoms with Crippen molar-refractivity contribution in [1.82, 2.24) is 10.1 Å². The minimum atomic E-state index is 0.511. The molecule has 1 aromatic heterocycles. The largest absolute Gasteiger partial charge is 0.492 e. The molecule has 27 heavy (non-hydrogen) atoms. The summed E-state index contributed by atoms with van der Waals surface area (Å²) in [5, 5.41) is 4.68. The quantitative estimate of drug-likeness (QED) is 0.517. The predicted octanol–water partition coefficient (Wildman–Crippen LogP) is 6.32.